The van der Waals surface area contributed by atoms with E-state index >= 15 is 0 Å². The first kappa shape index (κ1) is 12.5. The van der Waals surface area contributed by atoms with Gasteiger partial charge in [0.1, 0.15) is 0 Å². The van der Waals surface area contributed by atoms with E-state index in [2.05, 4.69) is 29.7 Å². The van der Waals surface area contributed by atoms with Crippen molar-refractivity contribution in [1.82, 2.24) is 10.6 Å². The number of likely N-dealkylation sites (N-methyl/N-ethyl adjacent to an activating group) is 1. The summed E-state index contributed by atoms with van der Waals surface area (Å²) in [4.78, 5) is 13.2. The fourth-order valence-electron chi connectivity index (χ4n) is 1.80. The monoisotopic (exact) mass is 250 g/mol. The topological polar surface area (TPSA) is 41.1 Å². The number of carbonyl (C=O) groups is 1. The minimum Gasteiger partial charge on any atom is -0.354 e. The quantitative estimate of drug-likeness (QED) is 0.849. The van der Waals surface area contributed by atoms with Crippen LogP contribution in [0.3, 0.4) is 0 Å². The summed E-state index contributed by atoms with van der Waals surface area (Å²) in [5.41, 5.74) is 1.29. The van der Waals surface area contributed by atoms with E-state index in [1.54, 1.807) is 11.8 Å². The molecular formula is C13H18N2OS. The molecule has 3 nitrogen and oxygen atoms in total. The van der Waals surface area contributed by atoms with Gasteiger partial charge in [-0.15, -0.1) is 11.8 Å². The molecule has 2 atom stereocenters. The van der Waals surface area contributed by atoms with Crippen LogP contribution in [0.25, 0.3) is 0 Å². The van der Waals surface area contributed by atoms with Crippen LogP contribution in [0.15, 0.2) is 29.2 Å². The summed E-state index contributed by atoms with van der Waals surface area (Å²) in [6.45, 7) is 2.74. The highest BCUT2D eigenvalue weighted by Gasteiger charge is 2.27. The molecule has 0 fully saturated rings. The normalized spacial score (nSPS) is 19.8. The Kier molecular flexibility index (Phi) is 4.07. The van der Waals surface area contributed by atoms with E-state index in [0.717, 1.165) is 6.42 Å². The third-order valence-electron chi connectivity index (χ3n) is 3.01. The second-order valence-electron chi connectivity index (χ2n) is 4.35. The molecule has 1 aromatic rings. The van der Waals surface area contributed by atoms with Crippen molar-refractivity contribution in [2.24, 2.45) is 0 Å². The molecule has 2 unspecified atom stereocenters. The minimum absolute atomic E-state index is 0.0384. The van der Waals surface area contributed by atoms with E-state index in [1.807, 2.05) is 19.2 Å². The summed E-state index contributed by atoms with van der Waals surface area (Å²) >= 11 is 1.67. The van der Waals surface area contributed by atoms with E-state index in [-0.39, 0.29) is 11.2 Å². The van der Waals surface area contributed by atoms with Gasteiger partial charge in [0.25, 0.3) is 0 Å². The van der Waals surface area contributed by atoms with Crippen molar-refractivity contribution in [2.45, 2.75) is 29.5 Å². The Morgan fingerprint density at radius 1 is 1.53 bits per heavy atom. The van der Waals surface area contributed by atoms with Crippen molar-refractivity contribution in [3.8, 4) is 0 Å². The van der Waals surface area contributed by atoms with E-state index in [4.69, 9.17) is 0 Å². The van der Waals surface area contributed by atoms with E-state index in [9.17, 15) is 4.79 Å². The average molecular weight is 250 g/mol. The van der Waals surface area contributed by atoms with Gasteiger partial charge in [0.15, 0.2) is 0 Å². The number of thioether (sulfide) groups is 1. The lowest BCUT2D eigenvalue weighted by molar-refractivity contribution is -0.120. The highest BCUT2D eigenvalue weighted by atomic mass is 32.2. The fourth-order valence-corrected chi connectivity index (χ4v) is 3.02. The third kappa shape index (κ3) is 3.01. The van der Waals surface area contributed by atoms with Crippen LogP contribution in [0.1, 0.15) is 12.5 Å². The Balaban J connectivity index is 1.88. The summed E-state index contributed by atoms with van der Waals surface area (Å²) in [7, 11) is 1.90. The zero-order chi connectivity index (χ0) is 12.3. The van der Waals surface area contributed by atoms with Gasteiger partial charge < -0.3 is 10.6 Å². The summed E-state index contributed by atoms with van der Waals surface area (Å²) < 4.78 is 0. The Hall–Kier alpha value is -1.00. The predicted octanol–water partition coefficient (Wildman–Crippen LogP) is 1.43. The van der Waals surface area contributed by atoms with Gasteiger partial charge in [-0.2, -0.15) is 0 Å². The van der Waals surface area contributed by atoms with Crippen LogP contribution in [0.2, 0.25) is 0 Å². The van der Waals surface area contributed by atoms with Crippen molar-refractivity contribution in [3.63, 3.8) is 0 Å². The largest absolute Gasteiger partial charge is 0.354 e. The number of fused-ring (bicyclic) bond motifs is 1. The van der Waals surface area contributed by atoms with Crippen LogP contribution < -0.4 is 10.6 Å². The summed E-state index contributed by atoms with van der Waals surface area (Å²) in [6.07, 6.45) is 0.848. The number of nitrogens with one attached hydrogen (secondary N) is 2. The van der Waals surface area contributed by atoms with E-state index in [1.165, 1.54) is 10.5 Å². The maximum atomic E-state index is 12.0. The molecule has 92 valence electrons. The highest BCUT2D eigenvalue weighted by Crippen LogP contribution is 2.36. The molecule has 0 spiro atoms. The summed E-state index contributed by atoms with van der Waals surface area (Å²) in [5, 5.41) is 6.13. The van der Waals surface area contributed by atoms with Crippen LogP contribution in [0.5, 0.6) is 0 Å². The Morgan fingerprint density at radius 3 is 3.00 bits per heavy atom. The maximum Gasteiger partial charge on any atom is 0.233 e. The second kappa shape index (κ2) is 5.56. The number of hydrogen-bond acceptors (Lipinski definition) is 3. The fraction of sp³-hybridized carbons (Fsp3) is 0.462. The van der Waals surface area contributed by atoms with E-state index in [0.29, 0.717) is 12.6 Å². The maximum absolute atomic E-state index is 12.0. The number of rotatable bonds is 4. The molecule has 1 aliphatic rings. The molecule has 4 heteroatoms. The van der Waals surface area contributed by atoms with E-state index < -0.39 is 0 Å². The van der Waals surface area contributed by atoms with Gasteiger partial charge in [0.05, 0.1) is 5.25 Å². The number of carbonyl (C=O) groups excluding carboxylic acids is 1. The molecular weight excluding hydrogens is 232 g/mol. The lowest BCUT2D eigenvalue weighted by Gasteiger charge is -2.14. The van der Waals surface area contributed by atoms with Crippen molar-refractivity contribution < 1.29 is 4.79 Å². The predicted molar refractivity (Wildman–Crippen MR) is 71.3 cm³/mol. The minimum atomic E-state index is 0.0384. The molecule has 1 amide bonds. The number of hydrogen-bond donors (Lipinski definition) is 2. The van der Waals surface area contributed by atoms with Crippen molar-refractivity contribution >= 4 is 17.7 Å². The highest BCUT2D eigenvalue weighted by molar-refractivity contribution is 8.01. The Bertz CT molecular complexity index is 383. The van der Waals surface area contributed by atoms with Gasteiger partial charge in [-0.05, 0) is 32.0 Å². The van der Waals surface area contributed by atoms with Crippen molar-refractivity contribution in [2.75, 3.05) is 13.6 Å². The average Bonchev–Trinajstić information content (AvgIpc) is 2.79. The lowest BCUT2D eigenvalue weighted by atomic mass is 10.1. The molecule has 0 aliphatic carbocycles. The van der Waals surface area contributed by atoms with Gasteiger partial charge in [-0.25, -0.2) is 0 Å². The van der Waals surface area contributed by atoms with Gasteiger partial charge in [0.2, 0.25) is 5.91 Å². The lowest BCUT2D eigenvalue weighted by Crippen LogP contribution is -2.40. The zero-order valence-corrected chi connectivity index (χ0v) is 11.0. The number of benzene rings is 1. The van der Waals surface area contributed by atoms with Gasteiger partial charge in [0, 0.05) is 17.5 Å². The molecule has 17 heavy (non-hydrogen) atoms. The van der Waals surface area contributed by atoms with Gasteiger partial charge in [-0.3, -0.25) is 4.79 Å². The first-order chi connectivity index (χ1) is 8.20. The summed E-state index contributed by atoms with van der Waals surface area (Å²) in [6, 6.07) is 8.56. The molecule has 2 N–H and O–H groups in total. The molecule has 1 heterocycles. The molecule has 0 saturated heterocycles. The summed E-state index contributed by atoms with van der Waals surface area (Å²) in [5.74, 6) is 0.147. The first-order valence-electron chi connectivity index (χ1n) is 5.90. The van der Waals surface area contributed by atoms with Crippen molar-refractivity contribution in [1.29, 1.82) is 0 Å². The van der Waals surface area contributed by atoms with Crippen LogP contribution in [0.4, 0.5) is 0 Å². The second-order valence-corrected chi connectivity index (χ2v) is 5.60. The smallest absolute Gasteiger partial charge is 0.233 e. The standard InChI is InChI=1S/C13H18N2OS/c1-9(14-2)8-15-13(16)12-7-10-5-3-4-6-11(10)17-12/h3-6,9,12,14H,7-8H2,1-2H3,(H,15,16). The van der Waals surface area contributed by atoms with Crippen molar-refractivity contribution in [3.05, 3.63) is 29.8 Å². The molecule has 0 radical (unpaired) electrons. The van der Waals surface area contributed by atoms with Crippen LogP contribution in [-0.2, 0) is 11.2 Å². The SMILES string of the molecule is CNC(C)CNC(=O)C1Cc2ccccc2S1. The molecule has 0 aromatic heterocycles. The molecule has 0 saturated carbocycles. The Labute approximate surface area is 106 Å². The molecule has 1 aromatic carbocycles. The molecule has 0 bridgehead atoms. The zero-order valence-electron chi connectivity index (χ0n) is 10.2. The molecule has 2 rings (SSSR count). The third-order valence-corrected chi connectivity index (χ3v) is 4.33. The Morgan fingerprint density at radius 2 is 2.29 bits per heavy atom. The van der Waals surface area contributed by atoms with Crippen LogP contribution in [-0.4, -0.2) is 30.8 Å². The van der Waals surface area contributed by atoms with Gasteiger partial charge in [-0.1, -0.05) is 18.2 Å². The number of amides is 1. The van der Waals surface area contributed by atoms with Gasteiger partial charge >= 0.3 is 0 Å². The van der Waals surface area contributed by atoms with Crippen LogP contribution >= 0.6 is 11.8 Å². The van der Waals surface area contributed by atoms with Crippen LogP contribution in [0, 0.1) is 0 Å². The molecule has 1 aliphatic heterocycles. The first-order valence-corrected chi connectivity index (χ1v) is 6.78.